The fraction of sp³-hybridized carbons (Fsp3) is 0. The van der Waals surface area contributed by atoms with Gasteiger partial charge in [0, 0.05) is 0 Å². The van der Waals surface area contributed by atoms with Gasteiger partial charge in [0.2, 0.25) is 0 Å². The predicted octanol–water partition coefficient (Wildman–Crippen LogP) is 2.59. The third kappa shape index (κ3) is 3.02. The van der Waals surface area contributed by atoms with Gasteiger partial charge in [-0.2, -0.15) is 5.26 Å². The van der Waals surface area contributed by atoms with E-state index in [-0.39, 0.29) is 16.1 Å². The summed E-state index contributed by atoms with van der Waals surface area (Å²) in [5.74, 6) is 0. The molecule has 0 aliphatic carbocycles. The van der Waals surface area contributed by atoms with E-state index in [9.17, 15) is 8.42 Å². The van der Waals surface area contributed by atoms with Crippen molar-refractivity contribution in [3.05, 3.63) is 53.1 Å². The van der Waals surface area contributed by atoms with Crippen LogP contribution in [0, 0.1) is 11.3 Å². The number of anilines is 2. The second-order valence-electron chi connectivity index (χ2n) is 3.98. The maximum atomic E-state index is 12.2. The Labute approximate surface area is 121 Å². The highest BCUT2D eigenvalue weighted by atomic mass is 35.5. The van der Waals surface area contributed by atoms with Crippen molar-refractivity contribution in [3.8, 4) is 6.07 Å². The van der Waals surface area contributed by atoms with Crippen LogP contribution in [0.4, 0.5) is 11.4 Å². The summed E-state index contributed by atoms with van der Waals surface area (Å²) in [5, 5.41) is 9.13. The average Bonchev–Trinajstić information content (AvgIpc) is 2.43. The van der Waals surface area contributed by atoms with Crippen LogP contribution in [-0.4, -0.2) is 8.42 Å². The largest absolute Gasteiger partial charge is 0.397 e. The average molecular weight is 308 g/mol. The van der Waals surface area contributed by atoms with Gasteiger partial charge in [0.05, 0.1) is 32.9 Å². The van der Waals surface area contributed by atoms with Gasteiger partial charge in [0.15, 0.2) is 0 Å². The number of benzene rings is 2. The van der Waals surface area contributed by atoms with Gasteiger partial charge in [0.1, 0.15) is 0 Å². The topological polar surface area (TPSA) is 96.0 Å². The van der Waals surface area contributed by atoms with E-state index < -0.39 is 10.0 Å². The summed E-state index contributed by atoms with van der Waals surface area (Å²) < 4.78 is 26.7. The van der Waals surface area contributed by atoms with Crippen LogP contribution in [0.3, 0.4) is 0 Å². The van der Waals surface area contributed by atoms with E-state index in [1.54, 1.807) is 0 Å². The number of hydrogen-bond acceptors (Lipinski definition) is 4. The van der Waals surface area contributed by atoms with Crippen molar-refractivity contribution in [1.29, 1.82) is 5.26 Å². The Balaban J connectivity index is 2.35. The lowest BCUT2D eigenvalue weighted by Crippen LogP contribution is -2.13. The molecule has 2 aromatic carbocycles. The summed E-state index contributed by atoms with van der Waals surface area (Å²) in [4.78, 5) is 0.00470. The Hall–Kier alpha value is -2.23. The molecule has 2 rings (SSSR count). The number of nitrogen functional groups attached to an aromatic ring is 1. The van der Waals surface area contributed by atoms with Crippen molar-refractivity contribution >= 4 is 33.0 Å². The lowest BCUT2D eigenvalue weighted by molar-refractivity contribution is 0.601. The number of nitrogens with one attached hydrogen (secondary N) is 1. The van der Waals surface area contributed by atoms with Crippen LogP contribution < -0.4 is 10.5 Å². The molecule has 7 heteroatoms. The van der Waals surface area contributed by atoms with Gasteiger partial charge in [-0.1, -0.05) is 17.7 Å². The van der Waals surface area contributed by atoms with Crippen molar-refractivity contribution in [2.75, 3.05) is 10.5 Å². The molecular weight excluding hydrogens is 298 g/mol. The second-order valence-corrected chi connectivity index (χ2v) is 6.07. The summed E-state index contributed by atoms with van der Waals surface area (Å²) in [6, 6.07) is 12.0. The molecule has 0 aliphatic heterocycles. The van der Waals surface area contributed by atoms with Crippen LogP contribution in [0.1, 0.15) is 5.56 Å². The zero-order chi connectivity index (χ0) is 14.8. The zero-order valence-electron chi connectivity index (χ0n) is 10.2. The number of nitriles is 1. The molecule has 2 aromatic rings. The molecule has 0 aliphatic rings. The van der Waals surface area contributed by atoms with Gasteiger partial charge in [-0.3, -0.25) is 4.72 Å². The van der Waals surface area contributed by atoms with Crippen LogP contribution in [-0.2, 0) is 10.0 Å². The van der Waals surface area contributed by atoms with Gasteiger partial charge in [-0.05, 0) is 36.4 Å². The van der Waals surface area contributed by atoms with E-state index in [1.807, 2.05) is 6.07 Å². The van der Waals surface area contributed by atoms with Crippen LogP contribution in [0.25, 0.3) is 0 Å². The summed E-state index contributed by atoms with van der Waals surface area (Å²) in [6.45, 7) is 0. The van der Waals surface area contributed by atoms with Crippen molar-refractivity contribution in [1.82, 2.24) is 0 Å². The summed E-state index contributed by atoms with van der Waals surface area (Å²) >= 11 is 5.77. The highest BCUT2D eigenvalue weighted by Crippen LogP contribution is 2.24. The number of hydrogen-bond donors (Lipinski definition) is 2. The van der Waals surface area contributed by atoms with E-state index in [0.717, 1.165) is 0 Å². The van der Waals surface area contributed by atoms with E-state index in [0.29, 0.717) is 10.7 Å². The normalized spacial score (nSPS) is 10.8. The van der Waals surface area contributed by atoms with Crippen molar-refractivity contribution in [2.45, 2.75) is 4.90 Å². The number of nitrogens with two attached hydrogens (primary N) is 1. The third-order valence-electron chi connectivity index (χ3n) is 2.52. The molecule has 0 radical (unpaired) electrons. The fourth-order valence-corrected chi connectivity index (χ4v) is 2.77. The Morgan fingerprint density at radius 2 is 1.95 bits per heavy atom. The van der Waals surface area contributed by atoms with E-state index >= 15 is 0 Å². The molecule has 0 bridgehead atoms. The number of sulfonamides is 1. The standard InChI is InChI=1S/C13H10ClN3O2S/c14-12-5-4-10(7-13(12)16)17-20(18,19)11-3-1-2-9(6-11)8-15/h1-7,17H,16H2. The summed E-state index contributed by atoms with van der Waals surface area (Å²) in [6.07, 6.45) is 0. The summed E-state index contributed by atoms with van der Waals surface area (Å²) in [5.41, 5.74) is 6.46. The third-order valence-corrected chi connectivity index (χ3v) is 4.24. The first kappa shape index (κ1) is 14.2. The highest BCUT2D eigenvalue weighted by molar-refractivity contribution is 7.92. The maximum Gasteiger partial charge on any atom is 0.261 e. The Morgan fingerprint density at radius 1 is 1.20 bits per heavy atom. The molecule has 0 spiro atoms. The lowest BCUT2D eigenvalue weighted by Gasteiger charge is -2.09. The molecule has 0 atom stereocenters. The second kappa shape index (κ2) is 5.41. The first-order valence-corrected chi connectivity index (χ1v) is 7.36. The van der Waals surface area contributed by atoms with Crippen molar-refractivity contribution < 1.29 is 8.42 Å². The van der Waals surface area contributed by atoms with Crippen LogP contribution in [0.15, 0.2) is 47.4 Å². The molecule has 3 N–H and O–H groups in total. The Morgan fingerprint density at radius 3 is 2.60 bits per heavy atom. The van der Waals surface area contributed by atoms with Crippen LogP contribution in [0.5, 0.6) is 0 Å². The number of rotatable bonds is 3. The maximum absolute atomic E-state index is 12.2. The highest BCUT2D eigenvalue weighted by Gasteiger charge is 2.15. The minimum absolute atomic E-state index is 0.00470. The van der Waals surface area contributed by atoms with E-state index in [4.69, 9.17) is 22.6 Å². The molecule has 0 fully saturated rings. The quantitative estimate of drug-likeness (QED) is 0.852. The number of halogens is 1. The van der Waals surface area contributed by atoms with Gasteiger partial charge in [-0.25, -0.2) is 8.42 Å². The molecule has 0 saturated carbocycles. The molecule has 0 amide bonds. The first-order chi connectivity index (χ1) is 9.42. The van der Waals surface area contributed by atoms with E-state index in [2.05, 4.69) is 4.72 Å². The van der Waals surface area contributed by atoms with Gasteiger partial charge >= 0.3 is 0 Å². The fourth-order valence-electron chi connectivity index (χ4n) is 1.55. The lowest BCUT2D eigenvalue weighted by atomic mass is 10.2. The Kier molecular flexibility index (Phi) is 3.84. The van der Waals surface area contributed by atoms with Gasteiger partial charge in [0.25, 0.3) is 10.0 Å². The molecule has 5 nitrogen and oxygen atoms in total. The van der Waals surface area contributed by atoms with Gasteiger partial charge in [-0.15, -0.1) is 0 Å². The minimum Gasteiger partial charge on any atom is -0.397 e. The molecule has 102 valence electrons. The predicted molar refractivity (Wildman–Crippen MR) is 77.8 cm³/mol. The molecule has 0 unspecified atom stereocenters. The van der Waals surface area contributed by atoms with Crippen molar-refractivity contribution in [2.24, 2.45) is 0 Å². The number of nitrogens with zero attached hydrogens (tertiary/aromatic N) is 1. The SMILES string of the molecule is N#Cc1cccc(S(=O)(=O)Nc2ccc(Cl)c(N)c2)c1. The minimum atomic E-state index is -3.78. The van der Waals surface area contributed by atoms with E-state index in [1.165, 1.54) is 42.5 Å². The monoisotopic (exact) mass is 307 g/mol. The summed E-state index contributed by atoms with van der Waals surface area (Å²) in [7, 11) is -3.78. The molecule has 0 heterocycles. The molecule has 0 aromatic heterocycles. The smallest absolute Gasteiger partial charge is 0.261 e. The van der Waals surface area contributed by atoms with Crippen LogP contribution >= 0.6 is 11.6 Å². The molecule has 20 heavy (non-hydrogen) atoms. The zero-order valence-corrected chi connectivity index (χ0v) is 11.7. The molecule has 0 saturated heterocycles. The Bertz CT molecular complexity index is 798. The molecular formula is C13H10ClN3O2S. The first-order valence-electron chi connectivity index (χ1n) is 5.50. The van der Waals surface area contributed by atoms with Crippen molar-refractivity contribution in [3.63, 3.8) is 0 Å². The van der Waals surface area contributed by atoms with Gasteiger partial charge < -0.3 is 5.73 Å². The van der Waals surface area contributed by atoms with Crippen LogP contribution in [0.2, 0.25) is 5.02 Å².